The lowest BCUT2D eigenvalue weighted by molar-refractivity contribution is -0.122. The van der Waals surface area contributed by atoms with Gasteiger partial charge in [-0.3, -0.25) is 19.8 Å². The Morgan fingerprint density at radius 1 is 1.11 bits per heavy atom. The Balaban J connectivity index is 1.73. The monoisotopic (exact) mass is 570 g/mol. The molecule has 3 aromatic rings. The number of carbonyl (C=O) groups excluding carboxylic acids is 2. The fraction of sp³-hybridized carbons (Fsp3) is 0.107. The number of ether oxygens (including phenoxy) is 2. The number of benzene rings is 3. The van der Waals surface area contributed by atoms with Crippen molar-refractivity contribution in [2.75, 3.05) is 12.0 Å². The average Bonchev–Trinajstić information content (AvgIpc) is 2.89. The van der Waals surface area contributed by atoms with E-state index >= 15 is 0 Å². The Bertz CT molecular complexity index is 1490. The summed E-state index contributed by atoms with van der Waals surface area (Å²) in [6, 6.07) is 14.4. The van der Waals surface area contributed by atoms with E-state index in [1.54, 1.807) is 54.6 Å². The summed E-state index contributed by atoms with van der Waals surface area (Å²) in [6.45, 7) is 3.76. The van der Waals surface area contributed by atoms with Gasteiger partial charge in [-0.05, 0) is 60.6 Å². The number of rotatable bonds is 8. The summed E-state index contributed by atoms with van der Waals surface area (Å²) in [5.74, 6) is -1.00. The van der Waals surface area contributed by atoms with Crippen molar-refractivity contribution in [1.82, 2.24) is 5.32 Å². The summed E-state index contributed by atoms with van der Waals surface area (Å²) in [7, 11) is 1.46. The van der Waals surface area contributed by atoms with Crippen LogP contribution in [0.4, 0.5) is 10.1 Å². The first kappa shape index (κ1) is 27.3. The summed E-state index contributed by atoms with van der Waals surface area (Å²) < 4.78 is 25.6. The number of anilines is 1. The topological polar surface area (TPSA) is 67.9 Å². The minimum absolute atomic E-state index is 0.0265. The summed E-state index contributed by atoms with van der Waals surface area (Å²) in [5, 5.41) is 2.74. The Morgan fingerprint density at radius 2 is 1.87 bits per heavy atom. The van der Waals surface area contributed by atoms with Crippen LogP contribution in [0.2, 0.25) is 10.0 Å². The lowest BCUT2D eigenvalue weighted by atomic mass is 10.0. The zero-order valence-corrected chi connectivity index (χ0v) is 22.4. The van der Waals surface area contributed by atoms with E-state index in [0.717, 1.165) is 4.90 Å². The molecule has 38 heavy (non-hydrogen) atoms. The van der Waals surface area contributed by atoms with Crippen LogP contribution in [0.3, 0.4) is 0 Å². The first-order valence-corrected chi connectivity index (χ1v) is 12.4. The van der Waals surface area contributed by atoms with Crippen molar-refractivity contribution in [2.45, 2.75) is 13.0 Å². The third-order valence-electron chi connectivity index (χ3n) is 5.65. The molecule has 2 amide bonds. The number of hydrogen-bond donors (Lipinski definition) is 1. The van der Waals surface area contributed by atoms with E-state index in [-0.39, 0.29) is 38.8 Å². The maximum absolute atomic E-state index is 14.1. The molecule has 0 spiro atoms. The molecule has 1 aliphatic heterocycles. The molecule has 6 nitrogen and oxygen atoms in total. The Hall–Kier alpha value is -3.72. The molecule has 0 bridgehead atoms. The minimum Gasteiger partial charge on any atom is -0.493 e. The van der Waals surface area contributed by atoms with Gasteiger partial charge in [0.15, 0.2) is 16.6 Å². The van der Waals surface area contributed by atoms with Gasteiger partial charge in [0.25, 0.3) is 11.8 Å². The number of thiocarbonyl (C=S) groups is 1. The molecular weight excluding hydrogens is 550 g/mol. The molecule has 0 saturated carbocycles. The van der Waals surface area contributed by atoms with Crippen LogP contribution in [0, 0.1) is 5.82 Å². The fourth-order valence-corrected chi connectivity index (χ4v) is 4.52. The SMILES string of the molecule is C=CCc1cc(/C=C2\C(=O)NC(=S)N(c3cccc(Cl)c3Cl)C2=O)cc(OC)c1OCc1ccccc1F. The molecule has 1 saturated heterocycles. The molecule has 1 N–H and O–H groups in total. The normalized spacial score (nSPS) is 14.5. The van der Waals surface area contributed by atoms with Crippen LogP contribution in [0.15, 0.2) is 72.8 Å². The van der Waals surface area contributed by atoms with Crippen LogP contribution in [0.1, 0.15) is 16.7 Å². The van der Waals surface area contributed by atoms with Crippen LogP contribution in [0.5, 0.6) is 11.5 Å². The molecule has 1 fully saturated rings. The first-order valence-electron chi connectivity index (χ1n) is 11.3. The number of allylic oxidation sites excluding steroid dienone is 1. The van der Waals surface area contributed by atoms with E-state index in [2.05, 4.69) is 11.9 Å². The highest BCUT2D eigenvalue weighted by molar-refractivity contribution is 7.80. The van der Waals surface area contributed by atoms with Crippen molar-refractivity contribution in [2.24, 2.45) is 0 Å². The van der Waals surface area contributed by atoms with Crippen molar-refractivity contribution in [3.05, 3.63) is 105 Å². The van der Waals surface area contributed by atoms with Crippen LogP contribution < -0.4 is 19.7 Å². The average molecular weight is 571 g/mol. The van der Waals surface area contributed by atoms with Gasteiger partial charge in [0.05, 0.1) is 22.8 Å². The summed E-state index contributed by atoms with van der Waals surface area (Å²) in [6.07, 6.45) is 3.47. The van der Waals surface area contributed by atoms with Crippen LogP contribution in [0.25, 0.3) is 6.08 Å². The Kier molecular flexibility index (Phi) is 8.46. The van der Waals surface area contributed by atoms with Gasteiger partial charge >= 0.3 is 0 Å². The van der Waals surface area contributed by atoms with Gasteiger partial charge in [-0.25, -0.2) is 4.39 Å². The standard InChI is InChI=1S/C28H21Cl2FN2O4S/c1-3-7-17-12-16(14-23(36-2)25(17)37-15-18-8-4-5-10-21(18)31)13-19-26(34)32-28(38)33(27(19)35)22-11-6-9-20(29)24(22)30/h3-6,8-14H,1,7,15H2,2H3,(H,32,34,38)/b19-13+. The van der Waals surface area contributed by atoms with E-state index in [9.17, 15) is 14.0 Å². The number of nitrogens with one attached hydrogen (secondary N) is 1. The number of halogens is 3. The quantitative estimate of drug-likeness (QED) is 0.149. The van der Waals surface area contributed by atoms with Crippen molar-refractivity contribution in [1.29, 1.82) is 0 Å². The van der Waals surface area contributed by atoms with Crippen LogP contribution in [-0.2, 0) is 22.6 Å². The zero-order chi connectivity index (χ0) is 27.4. The van der Waals surface area contributed by atoms with E-state index in [1.807, 2.05) is 0 Å². The fourth-order valence-electron chi connectivity index (χ4n) is 3.86. The smallest absolute Gasteiger partial charge is 0.270 e. The molecule has 0 atom stereocenters. The van der Waals surface area contributed by atoms with Gasteiger partial charge < -0.3 is 9.47 Å². The molecule has 10 heteroatoms. The predicted molar refractivity (Wildman–Crippen MR) is 150 cm³/mol. The van der Waals surface area contributed by atoms with Gasteiger partial charge in [-0.1, -0.05) is 53.5 Å². The minimum atomic E-state index is -0.674. The second-order valence-electron chi connectivity index (χ2n) is 8.12. The largest absolute Gasteiger partial charge is 0.493 e. The van der Waals surface area contributed by atoms with Crippen LogP contribution in [-0.4, -0.2) is 24.0 Å². The van der Waals surface area contributed by atoms with Gasteiger partial charge in [0.2, 0.25) is 0 Å². The summed E-state index contributed by atoms with van der Waals surface area (Å²) in [5.41, 5.74) is 1.59. The van der Waals surface area contributed by atoms with Crippen molar-refractivity contribution in [3.63, 3.8) is 0 Å². The zero-order valence-electron chi connectivity index (χ0n) is 20.1. The van der Waals surface area contributed by atoms with Gasteiger partial charge in [-0.15, -0.1) is 6.58 Å². The summed E-state index contributed by atoms with van der Waals surface area (Å²) in [4.78, 5) is 27.3. The Morgan fingerprint density at radius 3 is 2.58 bits per heavy atom. The third-order valence-corrected chi connectivity index (χ3v) is 6.75. The van der Waals surface area contributed by atoms with E-state index in [4.69, 9.17) is 44.9 Å². The van der Waals surface area contributed by atoms with Crippen molar-refractivity contribution >= 4 is 64.1 Å². The lowest BCUT2D eigenvalue weighted by Gasteiger charge is -2.29. The number of carbonyl (C=O) groups is 2. The summed E-state index contributed by atoms with van der Waals surface area (Å²) >= 11 is 17.7. The number of nitrogens with zero attached hydrogens (tertiary/aromatic N) is 1. The molecule has 0 aromatic heterocycles. The van der Waals surface area contributed by atoms with Gasteiger partial charge in [0, 0.05) is 11.1 Å². The van der Waals surface area contributed by atoms with E-state index in [1.165, 1.54) is 19.3 Å². The highest BCUT2D eigenvalue weighted by Crippen LogP contribution is 2.37. The molecule has 1 heterocycles. The maximum Gasteiger partial charge on any atom is 0.270 e. The van der Waals surface area contributed by atoms with Gasteiger partial charge in [-0.2, -0.15) is 0 Å². The molecule has 3 aromatic carbocycles. The number of hydrogen-bond acceptors (Lipinski definition) is 5. The predicted octanol–water partition coefficient (Wildman–Crippen LogP) is 6.28. The molecule has 0 radical (unpaired) electrons. The first-order chi connectivity index (χ1) is 18.2. The molecule has 4 rings (SSSR count). The highest BCUT2D eigenvalue weighted by Gasteiger charge is 2.35. The molecular formula is C28H21Cl2FN2O4S. The molecule has 1 aliphatic rings. The lowest BCUT2D eigenvalue weighted by Crippen LogP contribution is -2.54. The molecule has 0 unspecified atom stereocenters. The van der Waals surface area contributed by atoms with Crippen LogP contribution >= 0.6 is 35.4 Å². The van der Waals surface area contributed by atoms with E-state index in [0.29, 0.717) is 34.6 Å². The second-order valence-corrected chi connectivity index (χ2v) is 9.29. The number of methoxy groups -OCH3 is 1. The third kappa shape index (κ3) is 5.57. The second kappa shape index (κ2) is 11.8. The van der Waals surface area contributed by atoms with E-state index < -0.39 is 11.8 Å². The molecule has 0 aliphatic carbocycles. The molecule has 194 valence electrons. The maximum atomic E-state index is 14.1. The van der Waals surface area contributed by atoms with Gasteiger partial charge in [0.1, 0.15) is 18.0 Å². The van der Waals surface area contributed by atoms with Crippen molar-refractivity contribution in [3.8, 4) is 11.5 Å². The highest BCUT2D eigenvalue weighted by atomic mass is 35.5. The van der Waals surface area contributed by atoms with Crippen molar-refractivity contribution < 1.29 is 23.5 Å². The number of amides is 2. The Labute approximate surface area is 234 Å².